The summed E-state index contributed by atoms with van der Waals surface area (Å²) in [5.74, 6) is 0.113. The van der Waals surface area contributed by atoms with E-state index < -0.39 is 6.10 Å². The third-order valence-electron chi connectivity index (χ3n) is 1.62. The molecule has 0 saturated heterocycles. The van der Waals surface area contributed by atoms with Crippen LogP contribution in [0.15, 0.2) is 12.3 Å². The number of aliphatic hydroxyl groups excluding tert-OH is 2. The molecule has 0 spiro atoms. The minimum Gasteiger partial charge on any atom is -0.513 e. The fourth-order valence-corrected chi connectivity index (χ4v) is 1.22. The van der Waals surface area contributed by atoms with Crippen molar-refractivity contribution in [1.29, 1.82) is 0 Å². The molecular weight excluding hydrogens is 128 g/mol. The molecular formula is C8H16O2. The lowest BCUT2D eigenvalue weighted by molar-refractivity contribution is 0.0918. The van der Waals surface area contributed by atoms with Crippen LogP contribution < -0.4 is 0 Å². The Morgan fingerprint density at radius 2 is 1.70 bits per heavy atom. The van der Waals surface area contributed by atoms with Gasteiger partial charge >= 0.3 is 0 Å². The molecule has 0 heterocycles. The van der Waals surface area contributed by atoms with E-state index in [0.717, 1.165) is 0 Å². The molecule has 2 atom stereocenters. The van der Waals surface area contributed by atoms with Crippen molar-refractivity contribution in [1.82, 2.24) is 0 Å². The zero-order valence-electron chi connectivity index (χ0n) is 6.83. The molecule has 2 N–H and O–H groups in total. The van der Waals surface area contributed by atoms with E-state index in [4.69, 9.17) is 10.2 Å². The van der Waals surface area contributed by atoms with Crippen LogP contribution in [-0.4, -0.2) is 16.3 Å². The van der Waals surface area contributed by atoms with Crippen molar-refractivity contribution in [2.24, 2.45) is 11.8 Å². The van der Waals surface area contributed by atoms with Gasteiger partial charge in [0.25, 0.3) is 0 Å². The second-order valence-electron chi connectivity index (χ2n) is 3.00. The van der Waals surface area contributed by atoms with Crippen molar-refractivity contribution in [2.45, 2.75) is 26.9 Å². The van der Waals surface area contributed by atoms with E-state index in [0.29, 0.717) is 0 Å². The van der Waals surface area contributed by atoms with Gasteiger partial charge < -0.3 is 10.2 Å². The van der Waals surface area contributed by atoms with Crippen LogP contribution in [0.4, 0.5) is 0 Å². The molecule has 0 rings (SSSR count). The lowest BCUT2D eigenvalue weighted by atomic mass is 9.90. The highest BCUT2D eigenvalue weighted by Gasteiger charge is 2.21. The third-order valence-corrected chi connectivity index (χ3v) is 1.62. The maximum Gasteiger partial charge on any atom is 0.0910 e. The fraction of sp³-hybridized carbons (Fsp3) is 0.750. The van der Waals surface area contributed by atoms with Gasteiger partial charge in [-0.25, -0.2) is 0 Å². The highest BCUT2D eigenvalue weighted by atomic mass is 16.3. The van der Waals surface area contributed by atoms with Crippen LogP contribution in [0.5, 0.6) is 0 Å². The average Bonchev–Trinajstić information content (AvgIpc) is 1.59. The Hall–Kier alpha value is -0.500. The molecule has 60 valence electrons. The molecule has 0 aliphatic carbocycles. The van der Waals surface area contributed by atoms with Crippen LogP contribution in [0.3, 0.4) is 0 Å². The quantitative estimate of drug-likeness (QED) is 0.592. The molecule has 0 amide bonds. The van der Waals surface area contributed by atoms with Crippen LogP contribution in [-0.2, 0) is 0 Å². The number of rotatable bonds is 3. The molecule has 0 bridgehead atoms. The molecule has 2 heteroatoms. The van der Waals surface area contributed by atoms with Gasteiger partial charge in [0, 0.05) is 5.92 Å². The molecule has 2 unspecified atom stereocenters. The summed E-state index contributed by atoms with van der Waals surface area (Å²) >= 11 is 0. The Morgan fingerprint density at radius 1 is 1.30 bits per heavy atom. The summed E-state index contributed by atoms with van der Waals surface area (Å²) in [7, 11) is 0. The Balaban J connectivity index is 4.12. The van der Waals surface area contributed by atoms with Gasteiger partial charge in [-0.05, 0) is 12.8 Å². The molecule has 0 aromatic carbocycles. The van der Waals surface area contributed by atoms with Crippen molar-refractivity contribution in [3.8, 4) is 0 Å². The summed E-state index contributed by atoms with van der Waals surface area (Å²) in [5, 5.41) is 18.1. The molecule has 0 aromatic rings. The largest absolute Gasteiger partial charge is 0.513 e. The molecule has 10 heavy (non-hydrogen) atoms. The lowest BCUT2D eigenvalue weighted by Gasteiger charge is -2.21. The molecule has 0 aliphatic rings. The van der Waals surface area contributed by atoms with Crippen molar-refractivity contribution < 1.29 is 10.2 Å². The van der Waals surface area contributed by atoms with E-state index in [2.05, 4.69) is 6.58 Å². The number of aliphatic hydroxyl groups is 2. The topological polar surface area (TPSA) is 40.5 Å². The fourth-order valence-electron chi connectivity index (χ4n) is 1.22. The first-order valence-electron chi connectivity index (χ1n) is 3.52. The Kier molecular flexibility index (Phi) is 3.43. The average molecular weight is 144 g/mol. The van der Waals surface area contributed by atoms with E-state index in [9.17, 15) is 0 Å². The molecule has 0 aromatic heterocycles. The van der Waals surface area contributed by atoms with Gasteiger partial charge in [-0.3, -0.25) is 0 Å². The monoisotopic (exact) mass is 144 g/mol. The second kappa shape index (κ2) is 3.62. The van der Waals surface area contributed by atoms with E-state index in [-0.39, 0.29) is 17.6 Å². The van der Waals surface area contributed by atoms with E-state index in [1.807, 2.05) is 13.8 Å². The summed E-state index contributed by atoms with van der Waals surface area (Å²) in [6.07, 6.45) is -0.516. The molecule has 0 saturated carbocycles. The van der Waals surface area contributed by atoms with Gasteiger partial charge in [0.05, 0.1) is 11.9 Å². The smallest absolute Gasteiger partial charge is 0.0910 e. The van der Waals surface area contributed by atoms with Crippen molar-refractivity contribution in [2.75, 3.05) is 0 Å². The van der Waals surface area contributed by atoms with Crippen molar-refractivity contribution >= 4 is 0 Å². The van der Waals surface area contributed by atoms with Gasteiger partial charge in [-0.1, -0.05) is 20.4 Å². The Bertz CT molecular complexity index is 108. The lowest BCUT2D eigenvalue weighted by Crippen LogP contribution is -2.23. The third kappa shape index (κ3) is 2.40. The van der Waals surface area contributed by atoms with Gasteiger partial charge in [0.1, 0.15) is 0 Å². The first kappa shape index (κ1) is 9.50. The molecule has 0 fully saturated rings. The van der Waals surface area contributed by atoms with Crippen LogP contribution in [0.25, 0.3) is 0 Å². The van der Waals surface area contributed by atoms with Crippen LogP contribution >= 0.6 is 0 Å². The molecule has 0 radical (unpaired) electrons. The summed E-state index contributed by atoms with van der Waals surface area (Å²) < 4.78 is 0. The predicted molar refractivity (Wildman–Crippen MR) is 41.8 cm³/mol. The summed E-state index contributed by atoms with van der Waals surface area (Å²) in [6.45, 7) is 8.94. The Labute approximate surface area is 62.2 Å². The minimum atomic E-state index is -0.516. The van der Waals surface area contributed by atoms with Crippen LogP contribution in [0.1, 0.15) is 20.8 Å². The van der Waals surface area contributed by atoms with Gasteiger partial charge in [-0.2, -0.15) is 0 Å². The van der Waals surface area contributed by atoms with Crippen LogP contribution in [0, 0.1) is 11.8 Å². The first-order chi connectivity index (χ1) is 4.46. The zero-order valence-corrected chi connectivity index (χ0v) is 6.83. The number of hydrogen-bond donors (Lipinski definition) is 2. The summed E-state index contributed by atoms with van der Waals surface area (Å²) in [4.78, 5) is 0. The molecule has 2 nitrogen and oxygen atoms in total. The maximum atomic E-state index is 9.13. The van der Waals surface area contributed by atoms with Gasteiger partial charge in [-0.15, -0.1) is 0 Å². The normalized spacial score (nSPS) is 16.9. The minimum absolute atomic E-state index is 0.0741. The van der Waals surface area contributed by atoms with E-state index >= 15 is 0 Å². The SMILES string of the molecule is C=C(O)C(C(C)C)C(C)O. The maximum absolute atomic E-state index is 9.13. The standard InChI is InChI=1S/C8H16O2/c1-5(2)8(6(3)9)7(4)10/h5,7-10H,3H2,1-2,4H3. The summed E-state index contributed by atoms with van der Waals surface area (Å²) in [5.41, 5.74) is 0. The Morgan fingerprint density at radius 3 is 1.70 bits per heavy atom. The second-order valence-corrected chi connectivity index (χ2v) is 3.00. The van der Waals surface area contributed by atoms with Gasteiger partial charge in [0.2, 0.25) is 0 Å². The van der Waals surface area contributed by atoms with Gasteiger partial charge in [0.15, 0.2) is 0 Å². The number of hydrogen-bond acceptors (Lipinski definition) is 2. The van der Waals surface area contributed by atoms with E-state index in [1.54, 1.807) is 6.92 Å². The van der Waals surface area contributed by atoms with Crippen molar-refractivity contribution in [3.63, 3.8) is 0 Å². The van der Waals surface area contributed by atoms with E-state index in [1.165, 1.54) is 0 Å². The molecule has 0 aliphatic heterocycles. The van der Waals surface area contributed by atoms with Crippen LogP contribution in [0.2, 0.25) is 0 Å². The summed E-state index contributed by atoms with van der Waals surface area (Å²) in [6, 6.07) is 0. The predicted octanol–water partition coefficient (Wildman–Crippen LogP) is 1.71. The highest BCUT2D eigenvalue weighted by Crippen LogP contribution is 2.20. The highest BCUT2D eigenvalue weighted by molar-refractivity contribution is 4.93. The zero-order chi connectivity index (χ0) is 8.31. The first-order valence-corrected chi connectivity index (χ1v) is 3.52. The van der Waals surface area contributed by atoms with Crippen molar-refractivity contribution in [3.05, 3.63) is 12.3 Å².